The van der Waals surface area contributed by atoms with Gasteiger partial charge in [-0.05, 0) is 42.4 Å². The Labute approximate surface area is 161 Å². The van der Waals surface area contributed by atoms with E-state index in [1.165, 1.54) is 11.8 Å². The van der Waals surface area contributed by atoms with E-state index < -0.39 is 0 Å². The maximum absolute atomic E-state index is 12.0. The topological polar surface area (TPSA) is 81.8 Å². The summed E-state index contributed by atoms with van der Waals surface area (Å²) < 4.78 is 0. The maximum Gasteiger partial charge on any atom is 0.248 e. The molecule has 0 aliphatic heterocycles. The summed E-state index contributed by atoms with van der Waals surface area (Å²) in [7, 11) is 0. The summed E-state index contributed by atoms with van der Waals surface area (Å²) >= 11 is 6.55. The fourth-order valence-electron chi connectivity index (χ4n) is 2.40. The summed E-state index contributed by atoms with van der Waals surface area (Å²) in [6, 6.07) is 15.7. The number of nitrogens with zero attached hydrogens (tertiary/aromatic N) is 1. The third-order valence-electron chi connectivity index (χ3n) is 3.67. The van der Waals surface area contributed by atoms with Crippen LogP contribution in [0.15, 0.2) is 53.7 Å². The molecule has 0 spiro atoms. The lowest BCUT2D eigenvalue weighted by molar-refractivity contribution is -0.119. The number of thioether (sulfide) groups is 1. The Morgan fingerprint density at radius 2 is 1.92 bits per heavy atom. The van der Waals surface area contributed by atoms with Gasteiger partial charge in [-0.25, -0.2) is 4.98 Å². The summed E-state index contributed by atoms with van der Waals surface area (Å²) in [5.41, 5.74) is 9.23. The highest BCUT2D eigenvalue weighted by atomic mass is 32.2. The molecule has 134 valence electrons. The summed E-state index contributed by atoms with van der Waals surface area (Å²) in [5.74, 6) is 0.0319. The molecule has 0 aliphatic carbocycles. The van der Waals surface area contributed by atoms with Gasteiger partial charge >= 0.3 is 0 Å². The molecule has 3 aromatic rings. The first kappa shape index (κ1) is 18.2. The van der Waals surface area contributed by atoms with E-state index in [4.69, 9.17) is 12.2 Å². The molecule has 26 heavy (non-hydrogen) atoms. The first-order valence-corrected chi connectivity index (χ1v) is 9.56. The number of aryl methyl sites for hydroxylation is 1. The summed E-state index contributed by atoms with van der Waals surface area (Å²) in [5, 5.41) is 4.14. The SMILES string of the molecule is CCc1ccccc1NC(=S)NNC(=O)CSc1nc2ccccc2[nH]1. The van der Waals surface area contributed by atoms with Crippen molar-refractivity contribution in [1.82, 2.24) is 20.8 Å². The second-order valence-corrected chi connectivity index (χ2v) is 6.86. The number of thiocarbonyl (C=S) groups is 1. The van der Waals surface area contributed by atoms with Crippen LogP contribution >= 0.6 is 24.0 Å². The molecule has 0 aliphatic rings. The first-order valence-electron chi connectivity index (χ1n) is 8.17. The van der Waals surface area contributed by atoms with Crippen LogP contribution in [0.5, 0.6) is 0 Å². The Hall–Kier alpha value is -2.58. The number of aromatic nitrogens is 2. The quantitative estimate of drug-likeness (QED) is 0.307. The Morgan fingerprint density at radius 3 is 2.73 bits per heavy atom. The van der Waals surface area contributed by atoms with Gasteiger partial charge in [0.15, 0.2) is 10.3 Å². The molecule has 0 atom stereocenters. The van der Waals surface area contributed by atoms with Gasteiger partial charge in [-0.2, -0.15) is 0 Å². The number of imidazole rings is 1. The molecule has 1 aromatic heterocycles. The average Bonchev–Trinajstić information content (AvgIpc) is 3.08. The van der Waals surface area contributed by atoms with Crippen LogP contribution in [0, 0.1) is 0 Å². The zero-order valence-corrected chi connectivity index (χ0v) is 15.8. The van der Waals surface area contributed by atoms with Crippen molar-refractivity contribution < 1.29 is 4.79 Å². The van der Waals surface area contributed by atoms with Gasteiger partial charge in [0.2, 0.25) is 5.91 Å². The van der Waals surface area contributed by atoms with Crippen molar-refractivity contribution >= 4 is 51.7 Å². The highest BCUT2D eigenvalue weighted by Crippen LogP contribution is 2.18. The van der Waals surface area contributed by atoms with Crippen LogP contribution < -0.4 is 16.2 Å². The summed E-state index contributed by atoms with van der Waals surface area (Å²) in [6.07, 6.45) is 0.895. The number of hydrogen-bond acceptors (Lipinski definition) is 4. The number of aromatic amines is 1. The molecular formula is C18H19N5OS2. The van der Waals surface area contributed by atoms with Crippen molar-refractivity contribution in [3.8, 4) is 0 Å². The predicted molar refractivity (Wildman–Crippen MR) is 110 cm³/mol. The Balaban J connectivity index is 1.45. The number of amides is 1. The fraction of sp³-hybridized carbons (Fsp3) is 0.167. The van der Waals surface area contributed by atoms with Crippen molar-refractivity contribution in [2.75, 3.05) is 11.1 Å². The molecule has 2 aromatic carbocycles. The third-order valence-corrected chi connectivity index (χ3v) is 4.75. The van der Waals surface area contributed by atoms with Gasteiger partial charge in [-0.15, -0.1) is 0 Å². The number of carbonyl (C=O) groups excluding carboxylic acids is 1. The molecule has 0 bridgehead atoms. The van der Waals surface area contributed by atoms with E-state index >= 15 is 0 Å². The van der Waals surface area contributed by atoms with Crippen LogP contribution in [0.3, 0.4) is 0 Å². The van der Waals surface area contributed by atoms with Gasteiger partial charge in [0.25, 0.3) is 0 Å². The van der Waals surface area contributed by atoms with E-state index in [9.17, 15) is 4.79 Å². The largest absolute Gasteiger partial charge is 0.333 e. The number of hydrogen-bond donors (Lipinski definition) is 4. The van der Waals surface area contributed by atoms with Crippen molar-refractivity contribution in [2.24, 2.45) is 0 Å². The van der Waals surface area contributed by atoms with Crippen LogP contribution in [-0.4, -0.2) is 26.7 Å². The van der Waals surface area contributed by atoms with E-state index in [1.54, 1.807) is 0 Å². The van der Waals surface area contributed by atoms with E-state index in [0.29, 0.717) is 10.3 Å². The number of anilines is 1. The lowest BCUT2D eigenvalue weighted by atomic mass is 10.1. The monoisotopic (exact) mass is 385 g/mol. The summed E-state index contributed by atoms with van der Waals surface area (Å²) in [6.45, 7) is 2.08. The van der Waals surface area contributed by atoms with Crippen LogP contribution in [0.4, 0.5) is 5.69 Å². The van der Waals surface area contributed by atoms with Crippen LogP contribution in [0.2, 0.25) is 0 Å². The van der Waals surface area contributed by atoms with Gasteiger partial charge in [0.1, 0.15) is 0 Å². The smallest absolute Gasteiger partial charge is 0.248 e. The Morgan fingerprint density at radius 1 is 1.15 bits per heavy atom. The molecule has 8 heteroatoms. The molecule has 1 amide bonds. The van der Waals surface area contributed by atoms with Crippen molar-refractivity contribution in [2.45, 2.75) is 18.5 Å². The number of hydrazine groups is 1. The van der Waals surface area contributed by atoms with Gasteiger partial charge in [0, 0.05) is 5.69 Å². The van der Waals surface area contributed by atoms with Crippen LogP contribution in [0.1, 0.15) is 12.5 Å². The molecule has 4 N–H and O–H groups in total. The lowest BCUT2D eigenvalue weighted by Crippen LogP contribution is -2.44. The van der Waals surface area contributed by atoms with E-state index in [1.807, 2.05) is 48.5 Å². The average molecular weight is 386 g/mol. The summed E-state index contributed by atoms with van der Waals surface area (Å²) in [4.78, 5) is 19.6. The molecule has 1 heterocycles. The van der Waals surface area contributed by atoms with Gasteiger partial charge in [0.05, 0.1) is 16.8 Å². The molecule has 6 nitrogen and oxygen atoms in total. The fourth-order valence-corrected chi connectivity index (χ4v) is 3.24. The van der Waals surface area contributed by atoms with Crippen molar-refractivity contribution in [1.29, 1.82) is 0 Å². The van der Waals surface area contributed by atoms with E-state index in [-0.39, 0.29) is 11.7 Å². The molecule has 3 rings (SSSR count). The van der Waals surface area contributed by atoms with E-state index in [0.717, 1.165) is 28.7 Å². The van der Waals surface area contributed by atoms with Gasteiger partial charge in [-0.1, -0.05) is 49.0 Å². The lowest BCUT2D eigenvalue weighted by Gasteiger charge is -2.13. The number of H-pyrrole nitrogens is 1. The number of carbonyl (C=O) groups is 1. The molecule has 0 saturated carbocycles. The number of rotatable bonds is 5. The van der Waals surface area contributed by atoms with Crippen LogP contribution in [0.25, 0.3) is 11.0 Å². The minimum Gasteiger partial charge on any atom is -0.333 e. The van der Waals surface area contributed by atoms with Gasteiger partial charge in [-0.3, -0.25) is 15.6 Å². The zero-order valence-electron chi connectivity index (χ0n) is 14.2. The predicted octanol–water partition coefficient (Wildman–Crippen LogP) is 3.24. The number of nitrogens with one attached hydrogen (secondary N) is 4. The molecule has 0 radical (unpaired) electrons. The first-order chi connectivity index (χ1) is 12.7. The van der Waals surface area contributed by atoms with Crippen molar-refractivity contribution in [3.63, 3.8) is 0 Å². The number of fused-ring (bicyclic) bond motifs is 1. The Kier molecular flexibility index (Phi) is 6.08. The minimum atomic E-state index is -0.191. The third kappa shape index (κ3) is 4.74. The van der Waals surface area contributed by atoms with Crippen molar-refractivity contribution in [3.05, 3.63) is 54.1 Å². The molecule has 0 saturated heterocycles. The minimum absolute atomic E-state index is 0.191. The molecule has 0 unspecified atom stereocenters. The molecular weight excluding hydrogens is 366 g/mol. The highest BCUT2D eigenvalue weighted by Gasteiger charge is 2.08. The van der Waals surface area contributed by atoms with Gasteiger partial charge < -0.3 is 10.3 Å². The zero-order chi connectivity index (χ0) is 18.4. The standard InChI is InChI=1S/C18H19N5OS2/c1-2-12-7-3-4-8-13(12)19-17(25)23-22-16(24)11-26-18-20-14-9-5-6-10-15(14)21-18/h3-10H,2,11H2,1H3,(H,20,21)(H,22,24)(H2,19,23,25). The van der Waals surface area contributed by atoms with E-state index in [2.05, 4.69) is 33.1 Å². The maximum atomic E-state index is 12.0. The number of para-hydroxylation sites is 3. The Bertz CT molecular complexity index is 892. The van der Waals surface area contributed by atoms with Crippen LogP contribution in [-0.2, 0) is 11.2 Å². The highest BCUT2D eigenvalue weighted by molar-refractivity contribution is 7.99. The normalized spacial score (nSPS) is 10.5. The molecule has 0 fully saturated rings. The second-order valence-electron chi connectivity index (χ2n) is 5.49. The second kappa shape index (κ2) is 8.68. The number of benzene rings is 2.